The molecule has 0 radical (unpaired) electrons. The van der Waals surface area contributed by atoms with Crippen LogP contribution in [0.2, 0.25) is 0 Å². The molecule has 5 rings (SSSR count). The summed E-state index contributed by atoms with van der Waals surface area (Å²) in [5.74, 6) is -5.10. The second-order valence-electron chi connectivity index (χ2n) is 11.1. The number of nitrogens with one attached hydrogen (secondary N) is 1. The number of fused-ring (bicyclic) bond motifs is 1. The minimum absolute atomic E-state index is 0.0147. The zero-order valence-electron chi connectivity index (χ0n) is 25.1. The van der Waals surface area contributed by atoms with Crippen LogP contribution in [0.5, 0.6) is 11.5 Å². The SMILES string of the molecule is CCOc1c(CC(N)=O)cc([C@@](O)(CNC(=O)c2cc(OCC(F)F)c3nn(C4(F)CC4)cc3c2)C(F)(F)F)nc1-c1ccc(F)cc1. The highest BCUT2D eigenvalue weighted by Crippen LogP contribution is 2.46. The summed E-state index contributed by atoms with van der Waals surface area (Å²) in [6, 6.07) is 7.30. The van der Waals surface area contributed by atoms with Crippen molar-refractivity contribution >= 4 is 22.7 Å². The van der Waals surface area contributed by atoms with Crippen molar-refractivity contribution in [3.63, 3.8) is 0 Å². The number of aliphatic hydroxyl groups is 1. The molecule has 17 heteroatoms. The fourth-order valence-corrected chi connectivity index (χ4v) is 4.91. The summed E-state index contributed by atoms with van der Waals surface area (Å²) in [6.07, 6.45) is -7.56. The number of halogens is 7. The number of aromatic nitrogens is 3. The normalized spacial score (nSPS) is 15.3. The van der Waals surface area contributed by atoms with Crippen molar-refractivity contribution in [2.75, 3.05) is 19.8 Å². The van der Waals surface area contributed by atoms with Crippen molar-refractivity contribution in [3.8, 4) is 22.8 Å². The van der Waals surface area contributed by atoms with E-state index in [1.165, 1.54) is 18.3 Å². The van der Waals surface area contributed by atoms with E-state index in [9.17, 15) is 45.4 Å². The molecule has 10 nitrogen and oxygen atoms in total. The number of rotatable bonds is 13. The van der Waals surface area contributed by atoms with E-state index in [1.807, 2.05) is 5.32 Å². The smallest absolute Gasteiger partial charge is 0.424 e. The minimum Gasteiger partial charge on any atom is -0.491 e. The van der Waals surface area contributed by atoms with E-state index < -0.39 is 66.9 Å². The van der Waals surface area contributed by atoms with Gasteiger partial charge in [-0.2, -0.15) is 18.3 Å². The summed E-state index contributed by atoms with van der Waals surface area (Å²) >= 11 is 0. The predicted molar refractivity (Wildman–Crippen MR) is 156 cm³/mol. The molecule has 2 amide bonds. The Bertz CT molecular complexity index is 1840. The standard InChI is InChI=1S/C31H28F7N5O5/c1-2-47-27-17(12-24(39)44)11-22(41-26(27)16-3-5-20(32)6-4-16)30(46,31(36,37)38)15-40-28(45)18-9-19-13-43(29(35)7-8-29)42-25(19)21(10-18)48-14-23(33)34/h3-6,9-11,13,23,46H,2,7-8,12,14-15H2,1H3,(H2,39,44)(H,40,45)/t30-/m0/s1. The molecule has 1 aliphatic carbocycles. The van der Waals surface area contributed by atoms with E-state index in [-0.39, 0.29) is 64.2 Å². The number of amides is 2. The first-order valence-electron chi connectivity index (χ1n) is 14.5. The molecule has 2 aromatic heterocycles. The van der Waals surface area contributed by atoms with Gasteiger partial charge in [0.05, 0.1) is 25.3 Å². The van der Waals surface area contributed by atoms with Gasteiger partial charge >= 0.3 is 6.18 Å². The number of hydrogen-bond acceptors (Lipinski definition) is 7. The molecule has 4 N–H and O–H groups in total. The number of nitrogens with two attached hydrogens (primary N) is 1. The molecule has 0 unspecified atom stereocenters. The Morgan fingerprint density at radius 2 is 1.81 bits per heavy atom. The van der Waals surface area contributed by atoms with Gasteiger partial charge in [-0.1, -0.05) is 0 Å². The van der Waals surface area contributed by atoms with Crippen molar-refractivity contribution in [3.05, 3.63) is 71.3 Å². The van der Waals surface area contributed by atoms with Crippen LogP contribution in [0, 0.1) is 5.82 Å². The van der Waals surface area contributed by atoms with Crippen LogP contribution in [-0.2, 0) is 22.6 Å². The lowest BCUT2D eigenvalue weighted by molar-refractivity contribution is -0.265. The number of carbonyl (C=O) groups is 2. The summed E-state index contributed by atoms with van der Waals surface area (Å²) in [6.45, 7) is -1.09. The molecule has 256 valence electrons. The highest BCUT2D eigenvalue weighted by Gasteiger charge is 2.57. The van der Waals surface area contributed by atoms with Gasteiger partial charge in [0, 0.05) is 41.1 Å². The number of benzene rings is 2. The zero-order valence-corrected chi connectivity index (χ0v) is 25.1. The second kappa shape index (κ2) is 12.9. The van der Waals surface area contributed by atoms with Crippen molar-refractivity contribution in [2.24, 2.45) is 5.73 Å². The fraction of sp³-hybridized carbons (Fsp3) is 0.355. The summed E-state index contributed by atoms with van der Waals surface area (Å²) in [4.78, 5) is 29.1. The predicted octanol–water partition coefficient (Wildman–Crippen LogP) is 4.90. The Kier molecular flexibility index (Phi) is 9.27. The van der Waals surface area contributed by atoms with Gasteiger partial charge in [-0.3, -0.25) is 9.59 Å². The Morgan fingerprint density at radius 3 is 2.40 bits per heavy atom. The van der Waals surface area contributed by atoms with Gasteiger partial charge in [-0.05, 0) is 49.4 Å². The van der Waals surface area contributed by atoms with Crippen LogP contribution < -0.4 is 20.5 Å². The second-order valence-corrected chi connectivity index (χ2v) is 11.1. The molecule has 48 heavy (non-hydrogen) atoms. The molecule has 0 aliphatic heterocycles. The van der Waals surface area contributed by atoms with E-state index >= 15 is 0 Å². The maximum atomic E-state index is 14.7. The maximum absolute atomic E-state index is 14.7. The third-order valence-electron chi connectivity index (χ3n) is 7.49. The number of carbonyl (C=O) groups excluding carboxylic acids is 2. The van der Waals surface area contributed by atoms with Crippen LogP contribution in [0.4, 0.5) is 30.7 Å². The molecule has 2 aromatic carbocycles. The average Bonchev–Trinajstić information content (AvgIpc) is 3.61. The summed E-state index contributed by atoms with van der Waals surface area (Å²) in [7, 11) is 0. The van der Waals surface area contributed by atoms with Crippen molar-refractivity contribution in [2.45, 2.75) is 50.2 Å². The minimum atomic E-state index is -5.49. The summed E-state index contributed by atoms with van der Waals surface area (Å²) < 4.78 is 110. The lowest BCUT2D eigenvalue weighted by atomic mass is 9.93. The van der Waals surface area contributed by atoms with Gasteiger partial charge in [-0.25, -0.2) is 27.2 Å². The van der Waals surface area contributed by atoms with Gasteiger partial charge < -0.3 is 25.6 Å². The Morgan fingerprint density at radius 1 is 1.12 bits per heavy atom. The Hall–Kier alpha value is -4.93. The lowest BCUT2D eigenvalue weighted by Gasteiger charge is -2.31. The molecule has 2 heterocycles. The Balaban J connectivity index is 1.54. The molecule has 1 fully saturated rings. The molecule has 1 atom stereocenters. The van der Waals surface area contributed by atoms with Crippen LogP contribution >= 0.6 is 0 Å². The molecular formula is C31H28F7N5O5. The third kappa shape index (κ3) is 7.00. The lowest BCUT2D eigenvalue weighted by Crippen LogP contribution is -2.51. The van der Waals surface area contributed by atoms with Crippen molar-refractivity contribution in [1.29, 1.82) is 0 Å². The van der Waals surface area contributed by atoms with Crippen LogP contribution in [0.25, 0.3) is 22.2 Å². The monoisotopic (exact) mass is 683 g/mol. The van der Waals surface area contributed by atoms with Gasteiger partial charge in [0.2, 0.25) is 17.3 Å². The van der Waals surface area contributed by atoms with Gasteiger partial charge in [0.15, 0.2) is 0 Å². The maximum Gasteiger partial charge on any atom is 0.424 e. The quantitative estimate of drug-likeness (QED) is 0.170. The third-order valence-corrected chi connectivity index (χ3v) is 7.49. The van der Waals surface area contributed by atoms with E-state index in [4.69, 9.17) is 15.2 Å². The summed E-state index contributed by atoms with van der Waals surface area (Å²) in [5, 5.41) is 17.3. The molecular weight excluding hydrogens is 655 g/mol. The Labute approximate surface area is 267 Å². The molecule has 1 saturated carbocycles. The van der Waals surface area contributed by atoms with Gasteiger partial charge in [0.25, 0.3) is 12.3 Å². The zero-order chi connectivity index (χ0) is 35.0. The number of primary amides is 1. The molecule has 4 aromatic rings. The molecule has 0 spiro atoms. The van der Waals surface area contributed by atoms with Crippen LogP contribution in [0.15, 0.2) is 48.7 Å². The molecule has 0 saturated heterocycles. The van der Waals surface area contributed by atoms with Gasteiger partial charge in [-0.15, -0.1) is 0 Å². The number of hydrogen-bond donors (Lipinski definition) is 3. The fourth-order valence-electron chi connectivity index (χ4n) is 4.91. The first-order chi connectivity index (χ1) is 22.5. The van der Waals surface area contributed by atoms with Gasteiger partial charge in [0.1, 0.15) is 35.1 Å². The highest BCUT2D eigenvalue weighted by molar-refractivity contribution is 6.00. The number of nitrogens with zero attached hydrogens (tertiary/aromatic N) is 3. The number of pyridine rings is 1. The number of alkyl halides is 6. The van der Waals surface area contributed by atoms with Crippen molar-refractivity contribution in [1.82, 2.24) is 20.1 Å². The van der Waals surface area contributed by atoms with E-state index in [2.05, 4.69) is 10.1 Å². The number of ether oxygens (including phenoxy) is 2. The van der Waals surface area contributed by atoms with Crippen LogP contribution in [0.1, 0.15) is 41.4 Å². The van der Waals surface area contributed by atoms with E-state index in [0.717, 1.165) is 35.0 Å². The largest absolute Gasteiger partial charge is 0.491 e. The van der Waals surface area contributed by atoms with E-state index in [0.29, 0.717) is 0 Å². The van der Waals surface area contributed by atoms with Crippen molar-refractivity contribution < 1.29 is 54.9 Å². The topological polar surface area (TPSA) is 142 Å². The highest BCUT2D eigenvalue weighted by atomic mass is 19.4. The van der Waals surface area contributed by atoms with Crippen LogP contribution in [0.3, 0.4) is 0 Å². The average molecular weight is 684 g/mol. The summed E-state index contributed by atoms with van der Waals surface area (Å²) in [5.41, 5.74) is -0.400. The van der Waals surface area contributed by atoms with Crippen LogP contribution in [-0.4, -0.2) is 64.0 Å². The first-order valence-corrected chi connectivity index (χ1v) is 14.5. The molecule has 0 bridgehead atoms. The van der Waals surface area contributed by atoms with E-state index in [1.54, 1.807) is 6.92 Å². The first kappa shape index (κ1) is 34.4. The molecule has 1 aliphatic rings.